The highest BCUT2D eigenvalue weighted by Crippen LogP contribution is 2.27. The average Bonchev–Trinajstić information content (AvgIpc) is 2.83. The lowest BCUT2D eigenvalue weighted by atomic mass is 10.0. The van der Waals surface area contributed by atoms with Gasteiger partial charge in [-0.1, -0.05) is 19.4 Å². The van der Waals surface area contributed by atoms with Crippen molar-refractivity contribution >= 4 is 10.9 Å². The maximum Gasteiger partial charge on any atom is 0.261 e. The number of nitrogens with zero attached hydrogens (tertiary/aromatic N) is 3. The van der Waals surface area contributed by atoms with Crippen LogP contribution in [0.15, 0.2) is 23.0 Å². The van der Waals surface area contributed by atoms with Gasteiger partial charge in [0.1, 0.15) is 5.82 Å². The van der Waals surface area contributed by atoms with Gasteiger partial charge in [0, 0.05) is 38.3 Å². The molecule has 0 amide bonds. The van der Waals surface area contributed by atoms with Crippen molar-refractivity contribution in [3.63, 3.8) is 0 Å². The molecule has 2 aliphatic heterocycles. The molecule has 0 spiro atoms. The van der Waals surface area contributed by atoms with Crippen molar-refractivity contribution in [3.8, 4) is 0 Å². The molecule has 188 valence electrons. The van der Waals surface area contributed by atoms with E-state index in [1.54, 1.807) is 0 Å². The predicted molar refractivity (Wildman–Crippen MR) is 136 cm³/mol. The van der Waals surface area contributed by atoms with Crippen LogP contribution in [0.4, 0.5) is 0 Å². The molecule has 2 unspecified atom stereocenters. The Morgan fingerprint density at radius 2 is 2.00 bits per heavy atom. The summed E-state index contributed by atoms with van der Waals surface area (Å²) in [5.74, 6) is 0.911. The van der Waals surface area contributed by atoms with Crippen molar-refractivity contribution in [1.29, 1.82) is 0 Å². The Bertz CT molecular complexity index is 991. The highest BCUT2D eigenvalue weighted by Gasteiger charge is 2.30. The summed E-state index contributed by atoms with van der Waals surface area (Å²) in [4.78, 5) is 21.2. The van der Waals surface area contributed by atoms with E-state index in [1.165, 1.54) is 0 Å². The van der Waals surface area contributed by atoms with E-state index in [9.17, 15) is 4.79 Å². The minimum Gasteiger partial charge on any atom is -0.353 e. The number of rotatable bonds is 9. The number of fused-ring (bicyclic) bond motifs is 1. The van der Waals surface area contributed by atoms with Crippen LogP contribution in [0.5, 0.6) is 0 Å². The zero-order valence-corrected chi connectivity index (χ0v) is 21.4. The zero-order chi connectivity index (χ0) is 24.1. The van der Waals surface area contributed by atoms with Gasteiger partial charge in [0.05, 0.1) is 23.6 Å². The van der Waals surface area contributed by atoms with E-state index in [2.05, 4.69) is 37.1 Å². The minimum absolute atomic E-state index is 0.0678. The normalized spacial score (nSPS) is 25.0. The number of aromatic nitrogens is 2. The number of nitrogens with one attached hydrogen (secondary N) is 1. The molecule has 7 heteroatoms. The molecule has 0 saturated carbocycles. The predicted octanol–water partition coefficient (Wildman–Crippen LogP) is 4.03. The summed E-state index contributed by atoms with van der Waals surface area (Å²) in [6.07, 6.45) is 5.98. The van der Waals surface area contributed by atoms with E-state index in [0.29, 0.717) is 30.6 Å². The van der Waals surface area contributed by atoms with Crippen molar-refractivity contribution < 1.29 is 9.47 Å². The Morgan fingerprint density at radius 1 is 1.21 bits per heavy atom. The Labute approximate surface area is 203 Å². The first kappa shape index (κ1) is 25.3. The van der Waals surface area contributed by atoms with Gasteiger partial charge in [-0.25, -0.2) is 4.98 Å². The lowest BCUT2D eigenvalue weighted by molar-refractivity contribution is -0.161. The third-order valence-corrected chi connectivity index (χ3v) is 7.08. The molecular formula is C27H42N4O3. The first-order valence-electron chi connectivity index (χ1n) is 13.3. The third kappa shape index (κ3) is 5.88. The molecule has 34 heavy (non-hydrogen) atoms. The van der Waals surface area contributed by atoms with Crippen LogP contribution < -0.4 is 10.9 Å². The zero-order valence-electron chi connectivity index (χ0n) is 21.4. The summed E-state index contributed by atoms with van der Waals surface area (Å²) in [6, 6.07) is 7.11. The Hall–Kier alpha value is -1.80. The van der Waals surface area contributed by atoms with Gasteiger partial charge in [0.25, 0.3) is 5.56 Å². The van der Waals surface area contributed by atoms with Gasteiger partial charge in [0.2, 0.25) is 0 Å². The van der Waals surface area contributed by atoms with Gasteiger partial charge in [-0.15, -0.1) is 0 Å². The number of ether oxygens (including phenoxy) is 2. The minimum atomic E-state index is -0.0818. The molecule has 3 heterocycles. The average molecular weight is 471 g/mol. The second kappa shape index (κ2) is 11.8. The quantitative estimate of drug-likeness (QED) is 0.597. The van der Waals surface area contributed by atoms with Gasteiger partial charge >= 0.3 is 0 Å². The number of hydrogen-bond acceptors (Lipinski definition) is 6. The smallest absolute Gasteiger partial charge is 0.261 e. The van der Waals surface area contributed by atoms with Crippen LogP contribution in [0.3, 0.4) is 0 Å². The second-order valence-corrected chi connectivity index (χ2v) is 10.0. The van der Waals surface area contributed by atoms with E-state index >= 15 is 0 Å². The van der Waals surface area contributed by atoms with Gasteiger partial charge in [-0.05, 0) is 70.6 Å². The second-order valence-electron chi connectivity index (χ2n) is 10.0. The van der Waals surface area contributed by atoms with Gasteiger partial charge in [-0.3, -0.25) is 14.3 Å². The van der Waals surface area contributed by atoms with Gasteiger partial charge in [0.15, 0.2) is 6.29 Å². The van der Waals surface area contributed by atoms with E-state index in [-0.39, 0.29) is 17.9 Å². The fourth-order valence-corrected chi connectivity index (χ4v) is 5.52. The van der Waals surface area contributed by atoms with Crippen LogP contribution in [-0.2, 0) is 22.4 Å². The number of piperazine rings is 1. The Kier molecular flexibility index (Phi) is 8.75. The summed E-state index contributed by atoms with van der Waals surface area (Å²) in [6.45, 7) is 12.7. The molecule has 1 aromatic carbocycles. The van der Waals surface area contributed by atoms with Crippen molar-refractivity contribution in [3.05, 3.63) is 39.9 Å². The van der Waals surface area contributed by atoms with Crippen molar-refractivity contribution in [2.45, 2.75) is 97.2 Å². The first-order valence-corrected chi connectivity index (χ1v) is 13.3. The maximum atomic E-state index is 13.6. The molecule has 7 nitrogen and oxygen atoms in total. The molecule has 0 bridgehead atoms. The highest BCUT2D eigenvalue weighted by molar-refractivity contribution is 5.78. The summed E-state index contributed by atoms with van der Waals surface area (Å²) in [5, 5.41) is 4.33. The molecule has 2 saturated heterocycles. The molecule has 2 aliphatic rings. The summed E-state index contributed by atoms with van der Waals surface area (Å²) in [5.41, 5.74) is 1.97. The molecule has 0 radical (unpaired) electrons. The molecule has 4 rings (SSSR count). The Morgan fingerprint density at radius 3 is 2.68 bits per heavy atom. The van der Waals surface area contributed by atoms with E-state index in [0.717, 1.165) is 75.1 Å². The molecule has 1 aromatic heterocycles. The van der Waals surface area contributed by atoms with Crippen molar-refractivity contribution in [2.24, 2.45) is 0 Å². The largest absolute Gasteiger partial charge is 0.353 e. The lowest BCUT2D eigenvalue weighted by Gasteiger charge is -2.41. The molecule has 4 atom stereocenters. The fourth-order valence-electron chi connectivity index (χ4n) is 5.52. The number of hydrogen-bond donors (Lipinski definition) is 1. The van der Waals surface area contributed by atoms with Crippen LogP contribution in [0.25, 0.3) is 10.9 Å². The molecule has 1 N–H and O–H groups in total. The van der Waals surface area contributed by atoms with E-state index in [1.807, 2.05) is 23.6 Å². The van der Waals surface area contributed by atoms with Crippen LogP contribution in [0.2, 0.25) is 0 Å². The van der Waals surface area contributed by atoms with Crippen molar-refractivity contribution in [2.75, 3.05) is 26.3 Å². The third-order valence-electron chi connectivity index (χ3n) is 7.08. The van der Waals surface area contributed by atoms with E-state index < -0.39 is 0 Å². The van der Waals surface area contributed by atoms with Crippen LogP contribution in [0, 0.1) is 0 Å². The topological polar surface area (TPSA) is 68.6 Å². The summed E-state index contributed by atoms with van der Waals surface area (Å²) in [7, 11) is 0. The lowest BCUT2D eigenvalue weighted by Crippen LogP contribution is -2.55. The van der Waals surface area contributed by atoms with Crippen LogP contribution in [-0.4, -0.2) is 59.1 Å². The Balaban J connectivity index is 1.59. The maximum absolute atomic E-state index is 13.6. The monoisotopic (exact) mass is 470 g/mol. The van der Waals surface area contributed by atoms with Gasteiger partial charge in [-0.2, -0.15) is 0 Å². The number of benzene rings is 1. The summed E-state index contributed by atoms with van der Waals surface area (Å²) < 4.78 is 13.5. The first-order chi connectivity index (χ1) is 16.5. The fraction of sp³-hybridized carbons (Fsp3) is 0.704. The standard InChI is InChI=1S/C27H42N4O3/c1-5-9-24(30-17-19(3)28-20(4)18-30)26-29-23-12-11-21(16-22(23)27(32)31(26)6-2)13-15-34-25-10-7-8-14-33-25/h11-12,16,19-20,24-25,28H,5-10,13-15,17-18H2,1-4H3/t19-,20+,24?,25?. The van der Waals surface area contributed by atoms with Crippen molar-refractivity contribution in [1.82, 2.24) is 19.8 Å². The van der Waals surface area contributed by atoms with E-state index in [4.69, 9.17) is 14.5 Å². The highest BCUT2D eigenvalue weighted by atomic mass is 16.7. The SMILES string of the molecule is CCCC(c1nc2ccc(CCOC3CCCCO3)cc2c(=O)n1CC)N1C[C@@H](C)N[C@@H](C)C1. The summed E-state index contributed by atoms with van der Waals surface area (Å²) >= 11 is 0. The molecule has 2 fully saturated rings. The molecular weight excluding hydrogens is 428 g/mol. The van der Waals surface area contributed by atoms with Crippen LogP contribution >= 0.6 is 0 Å². The van der Waals surface area contributed by atoms with Crippen LogP contribution in [0.1, 0.15) is 77.2 Å². The molecule has 2 aromatic rings. The molecule has 0 aliphatic carbocycles. The van der Waals surface area contributed by atoms with Gasteiger partial charge < -0.3 is 14.8 Å².